The van der Waals surface area contributed by atoms with Gasteiger partial charge in [-0.2, -0.15) is 0 Å². The Kier molecular flexibility index (Phi) is 5.09. The molecule has 106 valence electrons. The first kappa shape index (κ1) is 14.5. The van der Waals surface area contributed by atoms with Gasteiger partial charge >= 0.3 is 0 Å². The number of fused-ring (bicyclic) bond motifs is 1. The number of amides is 1. The molecule has 0 radical (unpaired) electrons. The van der Waals surface area contributed by atoms with E-state index in [2.05, 4.69) is 5.32 Å². The van der Waals surface area contributed by atoms with E-state index in [4.69, 9.17) is 11.5 Å². The van der Waals surface area contributed by atoms with Crippen LogP contribution in [-0.4, -0.2) is 18.5 Å². The van der Waals surface area contributed by atoms with E-state index in [1.807, 2.05) is 42.5 Å². The normalized spacial score (nSPS) is 12.3. The summed E-state index contributed by atoms with van der Waals surface area (Å²) in [6.45, 7) is 0.638. The summed E-state index contributed by atoms with van der Waals surface area (Å²) in [5.41, 5.74) is 12.1. The Morgan fingerprint density at radius 2 is 1.85 bits per heavy atom. The Bertz CT molecular complexity index is 583. The monoisotopic (exact) mass is 271 g/mol. The largest absolute Gasteiger partial charge is 0.330 e. The van der Waals surface area contributed by atoms with Crippen LogP contribution in [0.3, 0.4) is 0 Å². The number of carbonyl (C=O) groups is 1. The van der Waals surface area contributed by atoms with Crippen LogP contribution in [0.2, 0.25) is 0 Å². The summed E-state index contributed by atoms with van der Waals surface area (Å²) in [6, 6.07) is 13.4. The average Bonchev–Trinajstić information content (AvgIpc) is 2.47. The molecule has 2 aromatic rings. The number of benzene rings is 2. The van der Waals surface area contributed by atoms with Crippen LogP contribution in [0.25, 0.3) is 10.8 Å². The first-order valence-electron chi connectivity index (χ1n) is 6.96. The zero-order chi connectivity index (χ0) is 14.4. The Morgan fingerprint density at radius 1 is 1.10 bits per heavy atom. The first-order valence-corrected chi connectivity index (χ1v) is 6.96. The summed E-state index contributed by atoms with van der Waals surface area (Å²) in [5, 5.41) is 5.12. The second-order valence-electron chi connectivity index (χ2n) is 4.94. The third-order valence-corrected chi connectivity index (χ3v) is 3.32. The topological polar surface area (TPSA) is 81.1 Å². The van der Waals surface area contributed by atoms with Crippen molar-refractivity contribution in [2.45, 2.75) is 25.3 Å². The molecule has 0 aromatic heterocycles. The molecular formula is C16H21N3O. The molecular weight excluding hydrogens is 250 g/mol. The van der Waals surface area contributed by atoms with Gasteiger partial charge in [0.05, 0.1) is 6.04 Å². The molecule has 0 saturated heterocycles. The predicted molar refractivity (Wildman–Crippen MR) is 83.5 cm³/mol. The van der Waals surface area contributed by atoms with Crippen LogP contribution in [0.5, 0.6) is 0 Å². The van der Waals surface area contributed by atoms with Crippen molar-refractivity contribution in [3.8, 4) is 0 Å². The van der Waals surface area contributed by atoms with Gasteiger partial charge in [0.25, 0.3) is 0 Å². The van der Waals surface area contributed by atoms with Crippen LogP contribution in [0, 0.1) is 0 Å². The number of rotatable bonds is 6. The molecule has 0 saturated carbocycles. The molecule has 2 aromatic carbocycles. The van der Waals surface area contributed by atoms with Crippen molar-refractivity contribution in [2.24, 2.45) is 11.5 Å². The summed E-state index contributed by atoms with van der Waals surface area (Å²) in [5.74, 6) is -0.141. The number of nitrogens with one attached hydrogen (secondary N) is 1. The minimum atomic E-state index is -0.479. The highest BCUT2D eigenvalue weighted by molar-refractivity contribution is 5.97. The van der Waals surface area contributed by atoms with Crippen molar-refractivity contribution in [2.75, 3.05) is 11.9 Å². The van der Waals surface area contributed by atoms with E-state index in [0.29, 0.717) is 13.0 Å². The second kappa shape index (κ2) is 7.03. The maximum atomic E-state index is 12.0. The number of unbranched alkanes of at least 4 members (excludes halogenated alkanes) is 1. The lowest BCUT2D eigenvalue weighted by Gasteiger charge is -2.12. The first-order chi connectivity index (χ1) is 9.70. The standard InChI is InChI=1S/C16H21N3O/c17-10-4-3-7-15(18)16(20)19-14-9-8-12-5-1-2-6-13(12)11-14/h1-2,5-6,8-9,11,15H,3-4,7,10,17-18H2,(H,19,20)/t15-/m0/s1. The van der Waals surface area contributed by atoms with Crippen LogP contribution in [0.1, 0.15) is 19.3 Å². The van der Waals surface area contributed by atoms with Crippen molar-refractivity contribution in [3.05, 3.63) is 42.5 Å². The van der Waals surface area contributed by atoms with E-state index < -0.39 is 6.04 Å². The molecule has 0 fully saturated rings. The molecule has 1 amide bonds. The van der Waals surface area contributed by atoms with Gasteiger partial charge in [-0.05, 0) is 42.3 Å². The van der Waals surface area contributed by atoms with Gasteiger partial charge in [-0.25, -0.2) is 0 Å². The van der Waals surface area contributed by atoms with Gasteiger partial charge in [0.2, 0.25) is 5.91 Å². The average molecular weight is 271 g/mol. The summed E-state index contributed by atoms with van der Waals surface area (Å²) >= 11 is 0. The van der Waals surface area contributed by atoms with Crippen molar-refractivity contribution in [3.63, 3.8) is 0 Å². The predicted octanol–water partition coefficient (Wildman–Crippen LogP) is 2.23. The summed E-state index contributed by atoms with van der Waals surface area (Å²) < 4.78 is 0. The Morgan fingerprint density at radius 3 is 2.60 bits per heavy atom. The van der Waals surface area contributed by atoms with E-state index >= 15 is 0 Å². The summed E-state index contributed by atoms with van der Waals surface area (Å²) in [7, 11) is 0. The fourth-order valence-corrected chi connectivity index (χ4v) is 2.14. The van der Waals surface area contributed by atoms with E-state index in [0.717, 1.165) is 29.3 Å². The third-order valence-electron chi connectivity index (χ3n) is 3.32. The third kappa shape index (κ3) is 3.79. The molecule has 1 atom stereocenters. The minimum Gasteiger partial charge on any atom is -0.330 e. The molecule has 0 heterocycles. The second-order valence-corrected chi connectivity index (χ2v) is 4.94. The Hall–Kier alpha value is -1.91. The molecule has 0 aliphatic carbocycles. The molecule has 0 bridgehead atoms. The van der Waals surface area contributed by atoms with Gasteiger partial charge in [0.15, 0.2) is 0 Å². The van der Waals surface area contributed by atoms with Crippen molar-refractivity contribution in [1.29, 1.82) is 0 Å². The quantitative estimate of drug-likeness (QED) is 0.705. The molecule has 20 heavy (non-hydrogen) atoms. The number of nitrogens with two attached hydrogens (primary N) is 2. The molecule has 0 aliphatic heterocycles. The molecule has 0 aliphatic rings. The molecule has 2 rings (SSSR count). The Balaban J connectivity index is 1.98. The van der Waals surface area contributed by atoms with E-state index in [1.165, 1.54) is 0 Å². The number of hydrogen-bond acceptors (Lipinski definition) is 3. The highest BCUT2D eigenvalue weighted by Crippen LogP contribution is 2.19. The van der Waals surface area contributed by atoms with Crippen molar-refractivity contribution >= 4 is 22.4 Å². The Labute approximate surface area is 119 Å². The van der Waals surface area contributed by atoms with Gasteiger partial charge in [-0.15, -0.1) is 0 Å². The van der Waals surface area contributed by atoms with E-state index in [1.54, 1.807) is 0 Å². The highest BCUT2D eigenvalue weighted by atomic mass is 16.2. The van der Waals surface area contributed by atoms with Crippen LogP contribution < -0.4 is 16.8 Å². The van der Waals surface area contributed by atoms with Gasteiger partial charge in [0.1, 0.15) is 0 Å². The lowest BCUT2D eigenvalue weighted by atomic mass is 10.1. The van der Waals surface area contributed by atoms with Gasteiger partial charge < -0.3 is 16.8 Å². The molecule has 5 N–H and O–H groups in total. The maximum absolute atomic E-state index is 12.0. The zero-order valence-corrected chi connectivity index (χ0v) is 11.5. The SMILES string of the molecule is NCCCC[C@H](N)C(=O)Nc1ccc2ccccc2c1. The van der Waals surface area contributed by atoms with Crippen molar-refractivity contribution < 1.29 is 4.79 Å². The fourth-order valence-electron chi connectivity index (χ4n) is 2.14. The summed E-state index contributed by atoms with van der Waals surface area (Å²) in [4.78, 5) is 12.0. The molecule has 0 spiro atoms. The maximum Gasteiger partial charge on any atom is 0.241 e. The summed E-state index contributed by atoms with van der Waals surface area (Å²) in [6.07, 6.45) is 2.44. The molecule has 4 nitrogen and oxygen atoms in total. The van der Waals surface area contributed by atoms with E-state index in [-0.39, 0.29) is 5.91 Å². The van der Waals surface area contributed by atoms with E-state index in [9.17, 15) is 4.79 Å². The minimum absolute atomic E-state index is 0.141. The van der Waals surface area contributed by atoms with Crippen molar-refractivity contribution in [1.82, 2.24) is 0 Å². The van der Waals surface area contributed by atoms with Crippen LogP contribution in [-0.2, 0) is 4.79 Å². The lowest BCUT2D eigenvalue weighted by Crippen LogP contribution is -2.35. The lowest BCUT2D eigenvalue weighted by molar-refractivity contribution is -0.117. The molecule has 0 unspecified atom stereocenters. The van der Waals surface area contributed by atoms with Crippen LogP contribution in [0.4, 0.5) is 5.69 Å². The van der Waals surface area contributed by atoms with Gasteiger partial charge in [-0.1, -0.05) is 36.8 Å². The highest BCUT2D eigenvalue weighted by Gasteiger charge is 2.13. The van der Waals surface area contributed by atoms with Gasteiger partial charge in [-0.3, -0.25) is 4.79 Å². The van der Waals surface area contributed by atoms with Gasteiger partial charge in [0, 0.05) is 5.69 Å². The van der Waals surface area contributed by atoms with Crippen LogP contribution in [0.15, 0.2) is 42.5 Å². The number of anilines is 1. The van der Waals surface area contributed by atoms with Crippen LogP contribution >= 0.6 is 0 Å². The number of carbonyl (C=O) groups excluding carboxylic acids is 1. The molecule has 4 heteroatoms. The zero-order valence-electron chi connectivity index (χ0n) is 11.5. The smallest absolute Gasteiger partial charge is 0.241 e. The fraction of sp³-hybridized carbons (Fsp3) is 0.312. The number of hydrogen-bond donors (Lipinski definition) is 3.